The molecule has 0 amide bonds. The van der Waals surface area contributed by atoms with Crippen molar-refractivity contribution in [2.45, 2.75) is 44.4 Å². The van der Waals surface area contributed by atoms with Crippen LogP contribution in [0.4, 0.5) is 0 Å². The summed E-state index contributed by atoms with van der Waals surface area (Å²) >= 11 is 0. The molecule has 2 saturated heterocycles. The van der Waals surface area contributed by atoms with E-state index in [4.69, 9.17) is 4.74 Å². The van der Waals surface area contributed by atoms with Crippen molar-refractivity contribution < 1.29 is 4.74 Å². The lowest BCUT2D eigenvalue weighted by Gasteiger charge is -2.47. The maximum Gasteiger partial charge on any atom is 0.111 e. The minimum absolute atomic E-state index is 0.239. The highest BCUT2D eigenvalue weighted by Crippen LogP contribution is 2.30. The lowest BCUT2D eigenvalue weighted by atomic mass is 9.86. The molecule has 0 aromatic carbocycles. The van der Waals surface area contributed by atoms with Gasteiger partial charge in [0.1, 0.15) is 5.54 Å². The fourth-order valence-corrected chi connectivity index (χ4v) is 3.01. The summed E-state index contributed by atoms with van der Waals surface area (Å²) in [6.07, 6.45) is 2.39. The highest BCUT2D eigenvalue weighted by molar-refractivity contribution is 5.11. The van der Waals surface area contributed by atoms with Crippen LogP contribution in [0.15, 0.2) is 0 Å². The maximum atomic E-state index is 9.60. The monoisotopic (exact) mass is 237 g/mol. The maximum absolute atomic E-state index is 9.60. The molecule has 0 aromatic heterocycles. The van der Waals surface area contributed by atoms with Gasteiger partial charge in [0.25, 0.3) is 0 Å². The predicted octanol–water partition coefficient (Wildman–Crippen LogP) is 1.08. The van der Waals surface area contributed by atoms with Crippen LogP contribution in [0.5, 0.6) is 0 Å². The molecule has 0 saturated carbocycles. The van der Waals surface area contributed by atoms with E-state index in [0.717, 1.165) is 39.0 Å². The average molecular weight is 237 g/mol. The third-order valence-corrected chi connectivity index (χ3v) is 4.05. The van der Waals surface area contributed by atoms with Gasteiger partial charge in [0.2, 0.25) is 0 Å². The minimum atomic E-state index is -0.251. The Morgan fingerprint density at radius 1 is 1.18 bits per heavy atom. The molecule has 2 fully saturated rings. The zero-order valence-corrected chi connectivity index (χ0v) is 11.1. The van der Waals surface area contributed by atoms with Crippen LogP contribution in [0.2, 0.25) is 0 Å². The molecule has 0 N–H and O–H groups in total. The van der Waals surface area contributed by atoms with Crippen LogP contribution in [0.25, 0.3) is 0 Å². The van der Waals surface area contributed by atoms with Crippen LogP contribution in [0.1, 0.15) is 26.7 Å². The van der Waals surface area contributed by atoms with Gasteiger partial charge in [-0.3, -0.25) is 4.90 Å². The van der Waals surface area contributed by atoms with Crippen molar-refractivity contribution in [1.29, 1.82) is 5.26 Å². The summed E-state index contributed by atoms with van der Waals surface area (Å²) in [5, 5.41) is 9.60. The number of hydrogen-bond donors (Lipinski definition) is 0. The van der Waals surface area contributed by atoms with Gasteiger partial charge in [-0.15, -0.1) is 0 Å². The Morgan fingerprint density at radius 3 is 2.18 bits per heavy atom. The average Bonchev–Trinajstić information content (AvgIpc) is 2.29. The minimum Gasteiger partial charge on any atom is -0.373 e. The van der Waals surface area contributed by atoms with E-state index in [1.54, 1.807) is 0 Å². The van der Waals surface area contributed by atoms with Crippen molar-refractivity contribution in [3.8, 4) is 6.07 Å². The number of nitriles is 1. The number of ether oxygens (including phenoxy) is 1. The molecular formula is C13H23N3O. The molecule has 0 aromatic rings. The molecule has 17 heavy (non-hydrogen) atoms. The number of morpholine rings is 1. The summed E-state index contributed by atoms with van der Waals surface area (Å²) in [6.45, 7) is 8.02. The second-order valence-electron chi connectivity index (χ2n) is 5.61. The fraction of sp³-hybridized carbons (Fsp3) is 0.923. The van der Waals surface area contributed by atoms with Gasteiger partial charge < -0.3 is 9.64 Å². The molecular weight excluding hydrogens is 214 g/mol. The summed E-state index contributed by atoms with van der Waals surface area (Å²) in [6, 6.07) is 2.59. The van der Waals surface area contributed by atoms with E-state index in [-0.39, 0.29) is 17.7 Å². The number of likely N-dealkylation sites (tertiary alicyclic amines) is 1. The summed E-state index contributed by atoms with van der Waals surface area (Å²) < 4.78 is 5.76. The number of piperidine rings is 1. The van der Waals surface area contributed by atoms with E-state index in [1.807, 2.05) is 0 Å². The van der Waals surface area contributed by atoms with Crippen molar-refractivity contribution in [2.75, 3.05) is 33.2 Å². The summed E-state index contributed by atoms with van der Waals surface area (Å²) in [7, 11) is 2.13. The second kappa shape index (κ2) is 4.93. The van der Waals surface area contributed by atoms with Gasteiger partial charge in [0.05, 0.1) is 18.3 Å². The number of hydrogen-bond acceptors (Lipinski definition) is 4. The molecule has 2 atom stereocenters. The third-order valence-electron chi connectivity index (χ3n) is 4.05. The third kappa shape index (κ3) is 2.62. The zero-order chi connectivity index (χ0) is 12.5. The van der Waals surface area contributed by atoms with Crippen LogP contribution < -0.4 is 0 Å². The first-order chi connectivity index (χ1) is 8.05. The first kappa shape index (κ1) is 12.8. The van der Waals surface area contributed by atoms with Crippen LogP contribution >= 0.6 is 0 Å². The van der Waals surface area contributed by atoms with E-state index < -0.39 is 0 Å². The van der Waals surface area contributed by atoms with E-state index in [2.05, 4.69) is 36.8 Å². The molecule has 2 unspecified atom stereocenters. The Labute approximate surface area is 104 Å². The highest BCUT2D eigenvalue weighted by Gasteiger charge is 2.42. The van der Waals surface area contributed by atoms with Gasteiger partial charge in [-0.25, -0.2) is 0 Å². The van der Waals surface area contributed by atoms with Crippen molar-refractivity contribution in [3.05, 3.63) is 0 Å². The Bertz CT molecular complexity index is 294. The smallest absolute Gasteiger partial charge is 0.111 e. The Balaban J connectivity index is 2.10. The van der Waals surface area contributed by atoms with E-state index in [9.17, 15) is 5.26 Å². The summed E-state index contributed by atoms with van der Waals surface area (Å²) in [5.41, 5.74) is -0.251. The molecule has 0 spiro atoms. The van der Waals surface area contributed by atoms with Crippen molar-refractivity contribution in [2.24, 2.45) is 0 Å². The number of rotatable bonds is 1. The summed E-state index contributed by atoms with van der Waals surface area (Å²) in [4.78, 5) is 4.67. The zero-order valence-electron chi connectivity index (χ0n) is 11.1. The highest BCUT2D eigenvalue weighted by atomic mass is 16.5. The molecule has 96 valence electrons. The molecule has 0 radical (unpaired) electrons. The molecule has 2 heterocycles. The standard InChI is InChI=1S/C13H23N3O/c1-11-8-16(9-12(2)17-11)13(10-14)4-6-15(3)7-5-13/h11-12H,4-9H2,1-3H3. The van der Waals surface area contributed by atoms with E-state index in [0.29, 0.717) is 0 Å². The van der Waals surface area contributed by atoms with Gasteiger partial charge in [-0.05, 0) is 33.7 Å². The van der Waals surface area contributed by atoms with Gasteiger partial charge in [-0.2, -0.15) is 5.26 Å². The lowest BCUT2D eigenvalue weighted by Crippen LogP contribution is -2.60. The Hall–Kier alpha value is -0.630. The first-order valence-electron chi connectivity index (χ1n) is 6.56. The Morgan fingerprint density at radius 2 is 1.71 bits per heavy atom. The normalized spacial score (nSPS) is 35.4. The van der Waals surface area contributed by atoms with E-state index >= 15 is 0 Å². The SMILES string of the molecule is CC1CN(C2(C#N)CCN(C)CC2)CC(C)O1. The molecule has 0 aliphatic carbocycles. The Kier molecular flexibility index (Phi) is 3.72. The first-order valence-corrected chi connectivity index (χ1v) is 6.56. The molecule has 2 rings (SSSR count). The topological polar surface area (TPSA) is 39.5 Å². The van der Waals surface area contributed by atoms with Gasteiger partial charge in [0.15, 0.2) is 0 Å². The predicted molar refractivity (Wildman–Crippen MR) is 66.7 cm³/mol. The second-order valence-corrected chi connectivity index (χ2v) is 5.61. The molecule has 4 nitrogen and oxygen atoms in total. The molecule has 0 bridgehead atoms. The van der Waals surface area contributed by atoms with Gasteiger partial charge >= 0.3 is 0 Å². The lowest BCUT2D eigenvalue weighted by molar-refractivity contribution is -0.0997. The van der Waals surface area contributed by atoms with Gasteiger partial charge in [0, 0.05) is 26.2 Å². The van der Waals surface area contributed by atoms with Crippen molar-refractivity contribution in [3.63, 3.8) is 0 Å². The van der Waals surface area contributed by atoms with Crippen LogP contribution in [0.3, 0.4) is 0 Å². The van der Waals surface area contributed by atoms with E-state index in [1.165, 1.54) is 0 Å². The van der Waals surface area contributed by atoms with Crippen molar-refractivity contribution >= 4 is 0 Å². The molecule has 2 aliphatic heterocycles. The largest absolute Gasteiger partial charge is 0.373 e. The van der Waals surface area contributed by atoms with Crippen LogP contribution in [-0.2, 0) is 4.74 Å². The van der Waals surface area contributed by atoms with Crippen LogP contribution in [0, 0.1) is 11.3 Å². The fourth-order valence-electron chi connectivity index (χ4n) is 3.01. The van der Waals surface area contributed by atoms with Gasteiger partial charge in [-0.1, -0.05) is 0 Å². The quantitative estimate of drug-likeness (QED) is 0.684. The molecule has 4 heteroatoms. The van der Waals surface area contributed by atoms with Crippen LogP contribution in [-0.4, -0.2) is 60.8 Å². The number of nitrogens with zero attached hydrogens (tertiary/aromatic N) is 3. The molecule has 2 aliphatic rings. The summed E-state index contributed by atoms with van der Waals surface area (Å²) in [5.74, 6) is 0. The van der Waals surface area contributed by atoms with Crippen molar-refractivity contribution in [1.82, 2.24) is 9.80 Å².